The van der Waals surface area contributed by atoms with Crippen LogP contribution in [0.25, 0.3) is 0 Å². The number of carbonyl (C=O) groups is 2. The van der Waals surface area contributed by atoms with Crippen LogP contribution in [0, 0.1) is 6.92 Å². The molecule has 2 aromatic carbocycles. The molecule has 0 saturated heterocycles. The van der Waals surface area contributed by atoms with Gasteiger partial charge in [0.15, 0.2) is 17.5 Å². The molecule has 0 aliphatic rings. The van der Waals surface area contributed by atoms with Crippen molar-refractivity contribution >= 4 is 50.6 Å². The van der Waals surface area contributed by atoms with E-state index in [1.165, 1.54) is 6.92 Å². The summed E-state index contributed by atoms with van der Waals surface area (Å²) in [5.41, 5.74) is 2.20. The third kappa shape index (κ3) is 5.95. The molecule has 0 unspecified atom stereocenters. The molecule has 0 atom stereocenters. The Kier molecular flexibility index (Phi) is 6.66. The maximum absolute atomic E-state index is 11.9. The Morgan fingerprint density at radius 2 is 1.96 bits per heavy atom. The number of halogens is 1. The van der Waals surface area contributed by atoms with E-state index in [-0.39, 0.29) is 23.4 Å². The number of benzene rings is 2. The predicted molar refractivity (Wildman–Crippen MR) is 105 cm³/mol. The van der Waals surface area contributed by atoms with Gasteiger partial charge in [-0.15, -0.1) is 0 Å². The van der Waals surface area contributed by atoms with Crippen molar-refractivity contribution in [3.63, 3.8) is 0 Å². The average Bonchev–Trinajstić information content (AvgIpc) is 2.56. The van der Waals surface area contributed by atoms with Gasteiger partial charge in [0.2, 0.25) is 0 Å². The molecule has 0 saturated carbocycles. The summed E-state index contributed by atoms with van der Waals surface area (Å²) in [4.78, 5) is 23.3. The Morgan fingerprint density at radius 1 is 1.20 bits per heavy atom. The minimum atomic E-state index is -0.374. The van der Waals surface area contributed by atoms with E-state index < -0.39 is 0 Å². The molecule has 7 heteroatoms. The van der Waals surface area contributed by atoms with E-state index in [2.05, 4.69) is 26.6 Å². The Morgan fingerprint density at radius 3 is 2.64 bits per heavy atom. The lowest BCUT2D eigenvalue weighted by atomic mass is 10.1. The molecule has 0 radical (unpaired) electrons. The molecule has 0 aliphatic carbocycles. The van der Waals surface area contributed by atoms with Gasteiger partial charge in [-0.2, -0.15) is 0 Å². The van der Waals surface area contributed by atoms with Crippen LogP contribution in [0.4, 0.5) is 5.69 Å². The highest BCUT2D eigenvalue weighted by Gasteiger charge is 2.08. The molecule has 5 nitrogen and oxygen atoms in total. The number of amides is 1. The number of thiocarbonyl (C=S) groups is 1. The normalized spacial score (nSPS) is 10.0. The van der Waals surface area contributed by atoms with E-state index in [1.54, 1.807) is 30.3 Å². The molecule has 25 heavy (non-hydrogen) atoms. The van der Waals surface area contributed by atoms with Gasteiger partial charge in [-0.3, -0.25) is 14.9 Å². The van der Waals surface area contributed by atoms with E-state index in [0.717, 1.165) is 10.0 Å². The number of rotatable bonds is 5. The topological polar surface area (TPSA) is 67.4 Å². The number of anilines is 1. The third-order valence-corrected chi connectivity index (χ3v) is 4.37. The summed E-state index contributed by atoms with van der Waals surface area (Å²) in [6.45, 7) is 3.27. The first kappa shape index (κ1) is 19.1. The number of hydrogen-bond donors (Lipinski definition) is 2. The largest absolute Gasteiger partial charge is 0.484 e. The summed E-state index contributed by atoms with van der Waals surface area (Å²) >= 11 is 8.51. The molecule has 130 valence electrons. The van der Waals surface area contributed by atoms with Gasteiger partial charge in [-0.1, -0.05) is 28.1 Å². The first-order valence-electron chi connectivity index (χ1n) is 7.46. The molecule has 2 aromatic rings. The van der Waals surface area contributed by atoms with Crippen molar-refractivity contribution in [2.75, 3.05) is 11.9 Å². The van der Waals surface area contributed by atoms with E-state index in [1.807, 2.05) is 19.1 Å². The van der Waals surface area contributed by atoms with Crippen LogP contribution >= 0.6 is 28.1 Å². The SMILES string of the molecule is CC(=O)c1cccc(NC(=S)NC(=O)COc2ccc(Br)c(C)c2)c1. The Hall–Kier alpha value is -2.25. The van der Waals surface area contributed by atoms with Crippen LogP contribution in [0.3, 0.4) is 0 Å². The molecule has 0 heterocycles. The van der Waals surface area contributed by atoms with Gasteiger partial charge >= 0.3 is 0 Å². The predicted octanol–water partition coefficient (Wildman–Crippen LogP) is 3.85. The van der Waals surface area contributed by atoms with E-state index in [4.69, 9.17) is 17.0 Å². The number of hydrogen-bond acceptors (Lipinski definition) is 4. The fraction of sp³-hybridized carbons (Fsp3) is 0.167. The number of ether oxygens (including phenoxy) is 1. The van der Waals surface area contributed by atoms with Crippen LogP contribution in [0.1, 0.15) is 22.8 Å². The summed E-state index contributed by atoms with van der Waals surface area (Å²) < 4.78 is 6.41. The van der Waals surface area contributed by atoms with Crippen molar-refractivity contribution in [3.8, 4) is 5.75 Å². The van der Waals surface area contributed by atoms with Crippen LogP contribution in [0.2, 0.25) is 0 Å². The van der Waals surface area contributed by atoms with Crippen molar-refractivity contribution in [2.45, 2.75) is 13.8 Å². The van der Waals surface area contributed by atoms with Gasteiger partial charge in [0.1, 0.15) is 5.75 Å². The second kappa shape index (κ2) is 8.73. The molecule has 0 fully saturated rings. The van der Waals surface area contributed by atoms with Gasteiger partial charge in [0.05, 0.1) is 0 Å². The third-order valence-electron chi connectivity index (χ3n) is 3.28. The van der Waals surface area contributed by atoms with E-state index in [9.17, 15) is 9.59 Å². The van der Waals surface area contributed by atoms with Crippen molar-refractivity contribution in [1.82, 2.24) is 5.32 Å². The average molecular weight is 421 g/mol. The summed E-state index contributed by atoms with van der Waals surface area (Å²) in [6.07, 6.45) is 0. The Labute approximate surface area is 159 Å². The molecule has 2 N–H and O–H groups in total. The first-order valence-corrected chi connectivity index (χ1v) is 8.66. The summed E-state index contributed by atoms with van der Waals surface area (Å²) in [5, 5.41) is 5.54. The minimum absolute atomic E-state index is 0.0446. The number of aryl methyl sites for hydroxylation is 1. The smallest absolute Gasteiger partial charge is 0.264 e. The van der Waals surface area contributed by atoms with Crippen LogP contribution < -0.4 is 15.4 Å². The van der Waals surface area contributed by atoms with Gasteiger partial charge in [0.25, 0.3) is 5.91 Å². The van der Waals surface area contributed by atoms with Gasteiger partial charge < -0.3 is 10.1 Å². The highest BCUT2D eigenvalue weighted by Crippen LogP contribution is 2.21. The molecule has 0 aromatic heterocycles. The summed E-state index contributed by atoms with van der Waals surface area (Å²) in [7, 11) is 0. The lowest BCUT2D eigenvalue weighted by Gasteiger charge is -2.11. The second-order valence-electron chi connectivity index (χ2n) is 5.34. The Bertz CT molecular complexity index is 824. The molecule has 0 spiro atoms. The van der Waals surface area contributed by atoms with E-state index in [0.29, 0.717) is 17.0 Å². The maximum Gasteiger partial charge on any atom is 0.264 e. The highest BCUT2D eigenvalue weighted by atomic mass is 79.9. The molecular weight excluding hydrogens is 404 g/mol. The Balaban J connectivity index is 1.85. The lowest BCUT2D eigenvalue weighted by Crippen LogP contribution is -2.37. The number of carbonyl (C=O) groups excluding carboxylic acids is 2. The fourth-order valence-electron chi connectivity index (χ4n) is 2.00. The fourth-order valence-corrected chi connectivity index (χ4v) is 2.48. The summed E-state index contributed by atoms with van der Waals surface area (Å²) in [6, 6.07) is 12.3. The zero-order chi connectivity index (χ0) is 18.4. The highest BCUT2D eigenvalue weighted by molar-refractivity contribution is 9.10. The molecule has 0 bridgehead atoms. The van der Waals surface area contributed by atoms with Gasteiger partial charge in [-0.25, -0.2) is 0 Å². The zero-order valence-corrected chi connectivity index (χ0v) is 16.2. The zero-order valence-electron chi connectivity index (χ0n) is 13.8. The molecule has 2 rings (SSSR count). The number of nitrogens with one attached hydrogen (secondary N) is 2. The standard InChI is InChI=1S/C18H17BrN2O3S/c1-11-8-15(6-7-16(11)19)24-10-17(23)21-18(25)20-14-5-3-4-13(9-14)12(2)22/h3-9H,10H2,1-2H3,(H2,20,21,23,25). The van der Waals surface area contributed by atoms with Crippen LogP contribution in [0.5, 0.6) is 5.75 Å². The molecular formula is C18H17BrN2O3S. The monoisotopic (exact) mass is 420 g/mol. The van der Waals surface area contributed by atoms with Crippen LogP contribution in [0.15, 0.2) is 46.9 Å². The van der Waals surface area contributed by atoms with Gasteiger partial charge in [-0.05, 0) is 62.0 Å². The molecule has 0 aliphatic heterocycles. The van der Waals surface area contributed by atoms with E-state index >= 15 is 0 Å². The van der Waals surface area contributed by atoms with Crippen molar-refractivity contribution in [1.29, 1.82) is 0 Å². The van der Waals surface area contributed by atoms with Crippen LogP contribution in [-0.4, -0.2) is 23.4 Å². The van der Waals surface area contributed by atoms with Crippen LogP contribution in [-0.2, 0) is 4.79 Å². The second-order valence-corrected chi connectivity index (χ2v) is 6.60. The number of Topliss-reactive ketones (excluding diaryl/α,β-unsaturated/α-hetero) is 1. The van der Waals surface area contributed by atoms with Gasteiger partial charge in [0, 0.05) is 15.7 Å². The number of ketones is 1. The van der Waals surface area contributed by atoms with Crippen molar-refractivity contribution in [2.24, 2.45) is 0 Å². The minimum Gasteiger partial charge on any atom is -0.484 e. The van der Waals surface area contributed by atoms with Crippen molar-refractivity contribution < 1.29 is 14.3 Å². The molecule has 1 amide bonds. The summed E-state index contributed by atoms with van der Waals surface area (Å²) in [5.74, 6) is 0.182. The first-order chi connectivity index (χ1) is 11.8. The lowest BCUT2D eigenvalue weighted by molar-refractivity contribution is -0.121. The quantitative estimate of drug-likeness (QED) is 0.567. The maximum atomic E-state index is 11.9. The van der Waals surface area contributed by atoms with Crippen molar-refractivity contribution in [3.05, 3.63) is 58.1 Å².